The molecule has 0 saturated carbocycles. The molecule has 0 fully saturated rings. The van der Waals surface area contributed by atoms with Crippen molar-refractivity contribution in [2.24, 2.45) is 0 Å². The molecule has 0 aliphatic heterocycles. The van der Waals surface area contributed by atoms with Crippen molar-refractivity contribution in [2.45, 2.75) is 17.1 Å². The second kappa shape index (κ2) is 12.3. The van der Waals surface area contributed by atoms with E-state index < -0.39 is 10.0 Å². The molecule has 8 heteroatoms. The molecule has 0 bridgehead atoms. The number of hydrogen-bond acceptors (Lipinski definition) is 5. The van der Waals surface area contributed by atoms with E-state index in [1.807, 2.05) is 18.2 Å². The van der Waals surface area contributed by atoms with Gasteiger partial charge in [0.25, 0.3) is 10.0 Å². The van der Waals surface area contributed by atoms with Crippen LogP contribution < -0.4 is 14.4 Å². The van der Waals surface area contributed by atoms with Crippen molar-refractivity contribution in [1.82, 2.24) is 5.32 Å². The molecule has 0 aliphatic rings. The molecule has 3 aromatic carbocycles. The van der Waals surface area contributed by atoms with Crippen LogP contribution >= 0.6 is 11.8 Å². The first-order valence-electron chi connectivity index (χ1n) is 10.6. The fourth-order valence-corrected chi connectivity index (χ4v) is 5.50. The molecule has 0 spiro atoms. The lowest BCUT2D eigenvalue weighted by Gasteiger charge is -2.24. The van der Waals surface area contributed by atoms with Crippen LogP contribution in [0.2, 0.25) is 0 Å². The molecule has 0 aromatic heterocycles. The first-order valence-corrected chi connectivity index (χ1v) is 13.2. The number of benzene rings is 3. The summed E-state index contributed by atoms with van der Waals surface area (Å²) in [6.45, 7) is 0.184. The van der Waals surface area contributed by atoms with E-state index in [0.29, 0.717) is 18.0 Å². The average molecular weight is 485 g/mol. The fraction of sp³-hybridized carbons (Fsp3) is 0.240. The summed E-state index contributed by atoms with van der Waals surface area (Å²) in [5, 5.41) is 2.84. The van der Waals surface area contributed by atoms with E-state index in [1.165, 1.54) is 17.7 Å². The van der Waals surface area contributed by atoms with E-state index in [4.69, 9.17) is 4.74 Å². The van der Waals surface area contributed by atoms with E-state index in [1.54, 1.807) is 61.3 Å². The number of sulfonamides is 1. The Hall–Kier alpha value is -2.97. The van der Waals surface area contributed by atoms with Gasteiger partial charge < -0.3 is 10.1 Å². The summed E-state index contributed by atoms with van der Waals surface area (Å²) < 4.78 is 32.9. The molecule has 0 aliphatic carbocycles. The predicted molar refractivity (Wildman–Crippen MR) is 134 cm³/mol. The summed E-state index contributed by atoms with van der Waals surface area (Å²) >= 11 is 1.80. The van der Waals surface area contributed by atoms with Crippen LogP contribution in [0, 0.1) is 0 Å². The lowest BCUT2D eigenvalue weighted by atomic mass is 10.2. The van der Waals surface area contributed by atoms with E-state index in [2.05, 4.69) is 17.4 Å². The molecule has 3 aromatic rings. The minimum Gasteiger partial charge on any atom is -0.497 e. The van der Waals surface area contributed by atoms with Gasteiger partial charge in [0.2, 0.25) is 5.91 Å². The predicted octanol–water partition coefficient (Wildman–Crippen LogP) is 4.33. The molecular formula is C25H28N2O4S2. The standard InChI is InChI=1S/C25H28N2O4S2/c1-31-23-15-13-22(14-16-23)27(33(29,30)24-11-6-3-7-12-24)19-25(28)26-17-8-18-32-20-21-9-4-2-5-10-21/h2-7,9-16H,8,17-20H2,1H3,(H,26,28). The summed E-state index contributed by atoms with van der Waals surface area (Å²) in [6.07, 6.45) is 0.803. The maximum absolute atomic E-state index is 13.3. The van der Waals surface area contributed by atoms with Crippen molar-refractivity contribution >= 4 is 33.4 Å². The van der Waals surface area contributed by atoms with E-state index in [-0.39, 0.29) is 17.3 Å². The molecular weight excluding hydrogens is 456 g/mol. The van der Waals surface area contributed by atoms with Gasteiger partial charge in [-0.15, -0.1) is 0 Å². The van der Waals surface area contributed by atoms with Gasteiger partial charge in [-0.1, -0.05) is 48.5 Å². The molecule has 1 amide bonds. The fourth-order valence-electron chi connectivity index (χ4n) is 3.14. The molecule has 0 heterocycles. The molecule has 33 heavy (non-hydrogen) atoms. The highest BCUT2D eigenvalue weighted by atomic mass is 32.2. The van der Waals surface area contributed by atoms with Gasteiger partial charge >= 0.3 is 0 Å². The van der Waals surface area contributed by atoms with Gasteiger partial charge in [-0.05, 0) is 54.1 Å². The number of carbonyl (C=O) groups excluding carboxylic acids is 1. The van der Waals surface area contributed by atoms with Crippen LogP contribution in [0.4, 0.5) is 5.69 Å². The monoisotopic (exact) mass is 484 g/mol. The Bertz CT molecular complexity index is 1110. The quantitative estimate of drug-likeness (QED) is 0.387. The van der Waals surface area contributed by atoms with Crippen molar-refractivity contribution in [3.8, 4) is 5.75 Å². The smallest absolute Gasteiger partial charge is 0.264 e. The number of anilines is 1. The van der Waals surface area contributed by atoms with Gasteiger partial charge in [0.1, 0.15) is 12.3 Å². The van der Waals surface area contributed by atoms with Crippen LogP contribution in [-0.4, -0.2) is 40.3 Å². The van der Waals surface area contributed by atoms with Crippen LogP contribution in [0.15, 0.2) is 89.8 Å². The lowest BCUT2D eigenvalue weighted by molar-refractivity contribution is -0.119. The number of carbonyl (C=O) groups is 1. The van der Waals surface area contributed by atoms with Crippen molar-refractivity contribution in [3.63, 3.8) is 0 Å². The van der Waals surface area contributed by atoms with Crippen LogP contribution in [-0.2, 0) is 20.6 Å². The average Bonchev–Trinajstić information content (AvgIpc) is 2.86. The molecule has 174 valence electrons. The Kier molecular flexibility index (Phi) is 9.21. The van der Waals surface area contributed by atoms with Crippen molar-refractivity contribution in [3.05, 3.63) is 90.5 Å². The number of rotatable bonds is 12. The maximum atomic E-state index is 13.3. The molecule has 3 rings (SSSR count). The number of nitrogens with one attached hydrogen (secondary N) is 1. The third-order valence-corrected chi connectivity index (χ3v) is 7.78. The minimum absolute atomic E-state index is 0.130. The third-order valence-electron chi connectivity index (χ3n) is 4.88. The number of thioether (sulfide) groups is 1. The maximum Gasteiger partial charge on any atom is 0.264 e. The highest BCUT2D eigenvalue weighted by Crippen LogP contribution is 2.25. The zero-order chi connectivity index (χ0) is 23.5. The van der Waals surface area contributed by atoms with Crippen LogP contribution in [0.3, 0.4) is 0 Å². The molecule has 6 nitrogen and oxygen atoms in total. The number of nitrogens with zero attached hydrogens (tertiary/aromatic N) is 1. The highest BCUT2D eigenvalue weighted by Gasteiger charge is 2.27. The molecule has 0 radical (unpaired) electrons. The largest absolute Gasteiger partial charge is 0.497 e. The SMILES string of the molecule is COc1ccc(N(CC(=O)NCCCSCc2ccccc2)S(=O)(=O)c2ccccc2)cc1. The number of amides is 1. The van der Waals surface area contributed by atoms with Crippen molar-refractivity contribution in [2.75, 3.05) is 30.3 Å². The van der Waals surface area contributed by atoms with Gasteiger partial charge in [-0.2, -0.15) is 11.8 Å². The highest BCUT2D eigenvalue weighted by molar-refractivity contribution is 7.98. The number of methoxy groups -OCH3 is 1. The molecule has 1 N–H and O–H groups in total. The second-order valence-corrected chi connectivity index (χ2v) is 10.2. The first-order chi connectivity index (χ1) is 16.0. The first kappa shape index (κ1) is 24.7. The van der Waals surface area contributed by atoms with Crippen LogP contribution in [0.25, 0.3) is 0 Å². The summed E-state index contributed by atoms with van der Waals surface area (Å²) in [7, 11) is -2.37. The second-order valence-electron chi connectivity index (χ2n) is 7.26. The number of hydrogen-bond donors (Lipinski definition) is 1. The van der Waals surface area contributed by atoms with Crippen LogP contribution in [0.5, 0.6) is 5.75 Å². The van der Waals surface area contributed by atoms with Crippen molar-refractivity contribution in [1.29, 1.82) is 0 Å². The Morgan fingerprint density at radius 1 is 0.939 bits per heavy atom. The van der Waals surface area contributed by atoms with Crippen molar-refractivity contribution < 1.29 is 17.9 Å². The Morgan fingerprint density at radius 2 is 1.58 bits per heavy atom. The summed E-state index contributed by atoms with van der Waals surface area (Å²) in [5.41, 5.74) is 1.67. The molecule has 0 unspecified atom stereocenters. The Balaban J connectivity index is 1.59. The zero-order valence-corrected chi connectivity index (χ0v) is 20.1. The van der Waals surface area contributed by atoms with Gasteiger partial charge in [0.05, 0.1) is 17.7 Å². The molecule has 0 atom stereocenters. The Morgan fingerprint density at radius 3 is 2.21 bits per heavy atom. The Labute approximate surface area is 200 Å². The van der Waals surface area contributed by atoms with Gasteiger partial charge in [-0.25, -0.2) is 8.42 Å². The lowest BCUT2D eigenvalue weighted by Crippen LogP contribution is -2.41. The van der Waals surface area contributed by atoms with E-state index in [0.717, 1.165) is 22.2 Å². The van der Waals surface area contributed by atoms with Gasteiger partial charge in [0, 0.05) is 12.3 Å². The summed E-state index contributed by atoms with van der Waals surface area (Å²) in [4.78, 5) is 12.8. The van der Waals surface area contributed by atoms with E-state index >= 15 is 0 Å². The zero-order valence-electron chi connectivity index (χ0n) is 18.5. The summed E-state index contributed by atoms with van der Waals surface area (Å²) in [6, 6.07) is 24.9. The van der Waals surface area contributed by atoms with E-state index in [9.17, 15) is 13.2 Å². The summed E-state index contributed by atoms with van der Waals surface area (Å²) in [5.74, 6) is 2.08. The topological polar surface area (TPSA) is 75.7 Å². The third kappa shape index (κ3) is 7.27. The van der Waals surface area contributed by atoms with Gasteiger partial charge in [0.15, 0.2) is 0 Å². The minimum atomic E-state index is -3.91. The number of ether oxygens (including phenoxy) is 1. The normalized spacial score (nSPS) is 11.1. The van der Waals surface area contributed by atoms with Gasteiger partial charge in [-0.3, -0.25) is 9.10 Å². The molecule has 0 saturated heterocycles. The van der Waals surface area contributed by atoms with Crippen LogP contribution in [0.1, 0.15) is 12.0 Å².